The van der Waals surface area contributed by atoms with Gasteiger partial charge in [0, 0.05) is 30.2 Å². The normalized spacial score (nSPS) is 22.0. The molecular weight excluding hydrogens is 326 g/mol. The highest BCUT2D eigenvalue weighted by Crippen LogP contribution is 2.32. The van der Waals surface area contributed by atoms with Gasteiger partial charge in [-0.05, 0) is 37.3 Å². The number of nitrogens with two attached hydrogens (primary N) is 1. The lowest BCUT2D eigenvalue weighted by Gasteiger charge is -2.44. The molecule has 2 rings (SSSR count). The second kappa shape index (κ2) is 7.30. The highest BCUT2D eigenvalue weighted by molar-refractivity contribution is 6.31. The highest BCUT2D eigenvalue weighted by Gasteiger charge is 2.36. The summed E-state index contributed by atoms with van der Waals surface area (Å²) in [7, 11) is 1.56. The molecule has 1 heterocycles. The van der Waals surface area contributed by atoms with E-state index in [4.69, 9.17) is 22.1 Å². The number of ether oxygens (including phenoxy) is 1. The highest BCUT2D eigenvalue weighted by atomic mass is 35.5. The molecule has 1 amide bonds. The van der Waals surface area contributed by atoms with Gasteiger partial charge in [0.2, 0.25) is 5.91 Å². The van der Waals surface area contributed by atoms with Crippen LogP contribution in [0, 0.1) is 12.3 Å². The Balaban J connectivity index is 2.11. The number of methoxy groups -OCH3 is 1. The second-order valence-corrected chi connectivity index (χ2v) is 7.73. The molecule has 1 aliphatic rings. The number of hydrogen-bond acceptors (Lipinski definition) is 4. The minimum atomic E-state index is -0.238. The maximum Gasteiger partial charge on any atom is 0.241 e. The second-order valence-electron chi connectivity index (χ2n) is 7.32. The number of aryl methyl sites for hydroxylation is 1. The molecule has 0 bridgehead atoms. The van der Waals surface area contributed by atoms with Gasteiger partial charge in [-0.1, -0.05) is 25.4 Å². The van der Waals surface area contributed by atoms with Crippen LogP contribution < -0.4 is 15.8 Å². The molecule has 134 valence electrons. The molecule has 2 unspecified atom stereocenters. The SMILES string of the molecule is COc1cc(Cl)c(C)cc1NC(=O)C(C)N1CCC(N)C(C)(C)C1. The topological polar surface area (TPSA) is 67.6 Å². The lowest BCUT2D eigenvalue weighted by atomic mass is 9.79. The van der Waals surface area contributed by atoms with Crippen molar-refractivity contribution in [1.82, 2.24) is 4.90 Å². The van der Waals surface area contributed by atoms with E-state index in [0.29, 0.717) is 16.5 Å². The van der Waals surface area contributed by atoms with Gasteiger partial charge >= 0.3 is 0 Å². The minimum Gasteiger partial charge on any atom is -0.495 e. The largest absolute Gasteiger partial charge is 0.495 e. The Labute approximate surface area is 149 Å². The van der Waals surface area contributed by atoms with Gasteiger partial charge in [0.1, 0.15) is 5.75 Å². The van der Waals surface area contributed by atoms with Crippen LogP contribution in [0.2, 0.25) is 5.02 Å². The lowest BCUT2D eigenvalue weighted by Crippen LogP contribution is -2.56. The van der Waals surface area contributed by atoms with Gasteiger partial charge in [-0.15, -0.1) is 0 Å². The van der Waals surface area contributed by atoms with Crippen LogP contribution in [0.5, 0.6) is 5.75 Å². The predicted molar refractivity (Wildman–Crippen MR) is 98.8 cm³/mol. The van der Waals surface area contributed by atoms with Crippen molar-refractivity contribution in [3.8, 4) is 5.75 Å². The zero-order valence-corrected chi connectivity index (χ0v) is 15.9. The first-order chi connectivity index (χ1) is 11.2. The van der Waals surface area contributed by atoms with Crippen molar-refractivity contribution in [1.29, 1.82) is 0 Å². The average molecular weight is 354 g/mol. The quantitative estimate of drug-likeness (QED) is 0.873. The Morgan fingerprint density at radius 1 is 1.50 bits per heavy atom. The van der Waals surface area contributed by atoms with Crippen molar-refractivity contribution in [2.75, 3.05) is 25.5 Å². The predicted octanol–water partition coefficient (Wildman–Crippen LogP) is 3.04. The van der Waals surface area contributed by atoms with Crippen LogP contribution >= 0.6 is 11.6 Å². The molecular formula is C18H28ClN3O2. The molecule has 3 N–H and O–H groups in total. The van der Waals surface area contributed by atoms with E-state index in [1.807, 2.05) is 19.9 Å². The van der Waals surface area contributed by atoms with E-state index in [1.165, 1.54) is 0 Å². The average Bonchev–Trinajstić information content (AvgIpc) is 2.52. The lowest BCUT2D eigenvalue weighted by molar-refractivity contribution is -0.122. The molecule has 5 nitrogen and oxygen atoms in total. The maximum absolute atomic E-state index is 12.7. The number of nitrogens with one attached hydrogen (secondary N) is 1. The third-order valence-corrected chi connectivity index (χ3v) is 5.41. The van der Waals surface area contributed by atoms with E-state index in [0.717, 1.165) is 25.1 Å². The standard InChI is InChI=1S/C18H28ClN3O2/c1-11-8-14(15(24-5)9-13(11)19)21-17(23)12(2)22-7-6-16(20)18(3,4)10-22/h8-9,12,16H,6-7,10,20H2,1-5H3,(H,21,23). The molecule has 24 heavy (non-hydrogen) atoms. The van der Waals surface area contributed by atoms with Gasteiger partial charge in [0.25, 0.3) is 0 Å². The number of nitrogens with zero attached hydrogens (tertiary/aromatic N) is 1. The summed E-state index contributed by atoms with van der Waals surface area (Å²) in [4.78, 5) is 14.9. The van der Waals surface area contributed by atoms with Crippen LogP contribution in [-0.4, -0.2) is 43.1 Å². The molecule has 1 aromatic carbocycles. The van der Waals surface area contributed by atoms with Crippen LogP contribution in [0.4, 0.5) is 5.69 Å². The Bertz CT molecular complexity index is 619. The summed E-state index contributed by atoms with van der Waals surface area (Å²) < 4.78 is 5.33. The summed E-state index contributed by atoms with van der Waals surface area (Å²) in [5.74, 6) is 0.508. The number of amides is 1. The smallest absolute Gasteiger partial charge is 0.241 e. The summed E-state index contributed by atoms with van der Waals surface area (Å²) in [6, 6.07) is 3.49. The number of anilines is 1. The van der Waals surface area contributed by atoms with Crippen LogP contribution in [0.1, 0.15) is 32.8 Å². The first-order valence-corrected chi connectivity index (χ1v) is 8.68. The molecule has 1 aliphatic heterocycles. The van der Waals surface area contributed by atoms with Gasteiger partial charge in [0.05, 0.1) is 18.8 Å². The Hall–Kier alpha value is -1.30. The first-order valence-electron chi connectivity index (χ1n) is 8.30. The summed E-state index contributed by atoms with van der Waals surface area (Å²) in [5, 5.41) is 3.59. The first kappa shape index (κ1) is 19.0. The number of carbonyl (C=O) groups is 1. The van der Waals surface area contributed by atoms with E-state index < -0.39 is 0 Å². The maximum atomic E-state index is 12.7. The molecule has 0 aliphatic carbocycles. The van der Waals surface area contributed by atoms with Crippen molar-refractivity contribution in [2.24, 2.45) is 11.1 Å². The van der Waals surface area contributed by atoms with Crippen LogP contribution in [0.15, 0.2) is 12.1 Å². The van der Waals surface area contributed by atoms with Crippen LogP contribution in [-0.2, 0) is 4.79 Å². The van der Waals surface area contributed by atoms with Gasteiger partial charge in [0.15, 0.2) is 0 Å². The van der Waals surface area contributed by atoms with E-state index in [1.54, 1.807) is 13.2 Å². The minimum absolute atomic E-state index is 0.00133. The van der Waals surface area contributed by atoms with Crippen molar-refractivity contribution >= 4 is 23.2 Å². The zero-order valence-electron chi connectivity index (χ0n) is 15.1. The molecule has 0 radical (unpaired) electrons. The summed E-state index contributed by atoms with van der Waals surface area (Å²) in [5.41, 5.74) is 7.73. The molecule has 1 saturated heterocycles. The Morgan fingerprint density at radius 3 is 2.75 bits per heavy atom. The number of carbonyl (C=O) groups excluding carboxylic acids is 1. The third-order valence-electron chi connectivity index (χ3n) is 5.01. The molecule has 2 atom stereocenters. The van der Waals surface area contributed by atoms with Crippen LogP contribution in [0.3, 0.4) is 0 Å². The number of piperidine rings is 1. The summed E-state index contributed by atoms with van der Waals surface area (Å²) in [6.07, 6.45) is 0.897. The zero-order chi connectivity index (χ0) is 18.1. The molecule has 6 heteroatoms. The summed E-state index contributed by atoms with van der Waals surface area (Å²) in [6.45, 7) is 9.77. The fourth-order valence-electron chi connectivity index (χ4n) is 3.08. The number of likely N-dealkylation sites (tertiary alicyclic amines) is 1. The van der Waals surface area contributed by atoms with Crippen molar-refractivity contribution in [2.45, 2.75) is 46.2 Å². The molecule has 1 aromatic rings. The monoisotopic (exact) mass is 353 g/mol. The van der Waals surface area contributed by atoms with Gasteiger partial charge in [-0.2, -0.15) is 0 Å². The fourth-order valence-corrected chi connectivity index (χ4v) is 3.23. The van der Waals surface area contributed by atoms with Crippen molar-refractivity contribution < 1.29 is 9.53 Å². The van der Waals surface area contributed by atoms with E-state index in [-0.39, 0.29) is 23.4 Å². The molecule has 0 saturated carbocycles. The Morgan fingerprint density at radius 2 is 2.17 bits per heavy atom. The number of hydrogen-bond donors (Lipinski definition) is 2. The molecule has 0 spiro atoms. The van der Waals surface area contributed by atoms with Crippen molar-refractivity contribution in [3.05, 3.63) is 22.7 Å². The van der Waals surface area contributed by atoms with E-state index >= 15 is 0 Å². The number of benzene rings is 1. The van der Waals surface area contributed by atoms with Gasteiger partial charge < -0.3 is 15.8 Å². The van der Waals surface area contributed by atoms with E-state index in [2.05, 4.69) is 24.1 Å². The van der Waals surface area contributed by atoms with Gasteiger partial charge in [-0.25, -0.2) is 0 Å². The van der Waals surface area contributed by atoms with E-state index in [9.17, 15) is 4.79 Å². The third kappa shape index (κ3) is 4.02. The number of rotatable bonds is 4. The molecule has 1 fully saturated rings. The number of halogens is 1. The van der Waals surface area contributed by atoms with Crippen molar-refractivity contribution in [3.63, 3.8) is 0 Å². The molecule has 0 aromatic heterocycles. The van der Waals surface area contributed by atoms with Crippen LogP contribution in [0.25, 0.3) is 0 Å². The summed E-state index contributed by atoms with van der Waals surface area (Å²) >= 11 is 6.12. The van der Waals surface area contributed by atoms with Gasteiger partial charge in [-0.3, -0.25) is 9.69 Å². The Kier molecular flexibility index (Phi) is 5.78. The fraction of sp³-hybridized carbons (Fsp3) is 0.611.